The van der Waals surface area contributed by atoms with Crippen LogP contribution in [0.1, 0.15) is 12.8 Å². The molecular weight excluding hydrogens is 228 g/mol. The van der Waals surface area contributed by atoms with Crippen LogP contribution in [0.25, 0.3) is 0 Å². The Bertz CT molecular complexity index is 400. The third kappa shape index (κ3) is 2.55. The predicted octanol–water partition coefficient (Wildman–Crippen LogP) is 1.01. The summed E-state index contributed by atoms with van der Waals surface area (Å²) in [6.07, 6.45) is 2.87. The van der Waals surface area contributed by atoms with Crippen molar-refractivity contribution in [3.63, 3.8) is 0 Å². The number of amides is 1. The van der Waals surface area contributed by atoms with Crippen LogP contribution in [0.2, 0.25) is 5.02 Å². The number of carbonyl (C=O) groups is 1. The fraction of sp³-hybridized carbons (Fsp3) is 0.400. The Morgan fingerprint density at radius 2 is 2.44 bits per heavy atom. The molecule has 2 rings (SSSR count). The second kappa shape index (κ2) is 4.57. The quantitative estimate of drug-likeness (QED) is 0.721. The summed E-state index contributed by atoms with van der Waals surface area (Å²) in [6, 6.07) is 1.82. The molecule has 4 N–H and O–H groups in total. The molecule has 0 aromatic carbocycles. The van der Waals surface area contributed by atoms with Gasteiger partial charge in [0.25, 0.3) is 0 Å². The Morgan fingerprint density at radius 3 is 3.06 bits per heavy atom. The van der Waals surface area contributed by atoms with Gasteiger partial charge in [0.1, 0.15) is 5.82 Å². The van der Waals surface area contributed by atoms with Gasteiger partial charge in [-0.2, -0.15) is 0 Å². The highest BCUT2D eigenvalue weighted by molar-refractivity contribution is 6.33. The van der Waals surface area contributed by atoms with Crippen molar-refractivity contribution in [2.24, 2.45) is 0 Å². The molecule has 1 saturated heterocycles. The molecule has 1 aromatic rings. The molecule has 1 amide bonds. The zero-order chi connectivity index (χ0) is 11.5. The van der Waals surface area contributed by atoms with E-state index in [4.69, 9.17) is 17.3 Å². The highest BCUT2D eigenvalue weighted by Gasteiger charge is 2.18. The summed E-state index contributed by atoms with van der Waals surface area (Å²) < 4.78 is 0. The molecule has 0 saturated carbocycles. The van der Waals surface area contributed by atoms with Crippen LogP contribution in [0.3, 0.4) is 0 Å². The SMILES string of the molecule is Nc1cnc(NC2CCC(=O)NC2)c(Cl)c1. The molecule has 1 atom stereocenters. The number of hydrogen-bond acceptors (Lipinski definition) is 4. The standard InChI is InChI=1S/C10H13ClN4O/c11-8-3-6(12)4-14-10(8)15-7-1-2-9(16)13-5-7/h3-4,7H,1-2,5,12H2,(H,13,16)(H,14,15). The maximum Gasteiger partial charge on any atom is 0.220 e. The highest BCUT2D eigenvalue weighted by Crippen LogP contribution is 2.22. The number of anilines is 2. The predicted molar refractivity (Wildman–Crippen MR) is 63.3 cm³/mol. The summed E-state index contributed by atoms with van der Waals surface area (Å²) in [6.45, 7) is 0.598. The van der Waals surface area contributed by atoms with Crippen molar-refractivity contribution in [3.8, 4) is 0 Å². The Hall–Kier alpha value is -1.49. The highest BCUT2D eigenvalue weighted by atomic mass is 35.5. The van der Waals surface area contributed by atoms with Gasteiger partial charge in [0, 0.05) is 19.0 Å². The lowest BCUT2D eigenvalue weighted by Gasteiger charge is -2.24. The van der Waals surface area contributed by atoms with Gasteiger partial charge in [-0.1, -0.05) is 11.6 Å². The van der Waals surface area contributed by atoms with Crippen molar-refractivity contribution in [3.05, 3.63) is 17.3 Å². The molecule has 86 valence electrons. The number of rotatable bonds is 2. The van der Waals surface area contributed by atoms with E-state index in [2.05, 4.69) is 15.6 Å². The number of hydrogen-bond donors (Lipinski definition) is 3. The normalized spacial score (nSPS) is 20.3. The van der Waals surface area contributed by atoms with Gasteiger partial charge in [-0.3, -0.25) is 4.79 Å². The molecule has 16 heavy (non-hydrogen) atoms. The number of piperidine rings is 1. The molecule has 0 radical (unpaired) electrons. The Labute approximate surface area is 98.4 Å². The third-order valence-electron chi connectivity index (χ3n) is 2.47. The van der Waals surface area contributed by atoms with Crippen molar-refractivity contribution in [1.29, 1.82) is 0 Å². The molecule has 0 aliphatic carbocycles. The largest absolute Gasteiger partial charge is 0.397 e. The first-order valence-corrected chi connectivity index (χ1v) is 5.47. The molecule has 0 bridgehead atoms. The molecule has 2 heterocycles. The van der Waals surface area contributed by atoms with Gasteiger partial charge < -0.3 is 16.4 Å². The first kappa shape index (κ1) is 11.0. The summed E-state index contributed by atoms with van der Waals surface area (Å²) >= 11 is 5.99. The van der Waals surface area contributed by atoms with Crippen LogP contribution >= 0.6 is 11.6 Å². The number of carbonyl (C=O) groups excluding carboxylic acids is 1. The maximum absolute atomic E-state index is 11.0. The van der Waals surface area contributed by atoms with E-state index in [1.54, 1.807) is 12.3 Å². The molecule has 5 nitrogen and oxygen atoms in total. The van der Waals surface area contributed by atoms with Crippen LogP contribution in [0.5, 0.6) is 0 Å². The van der Waals surface area contributed by atoms with E-state index >= 15 is 0 Å². The second-order valence-electron chi connectivity index (χ2n) is 3.78. The minimum absolute atomic E-state index is 0.0920. The summed E-state index contributed by atoms with van der Waals surface area (Å²) in [5.74, 6) is 0.700. The van der Waals surface area contributed by atoms with Crippen molar-refractivity contribution < 1.29 is 4.79 Å². The molecule has 0 spiro atoms. The van der Waals surface area contributed by atoms with Crippen molar-refractivity contribution in [1.82, 2.24) is 10.3 Å². The van der Waals surface area contributed by atoms with Crippen LogP contribution in [-0.4, -0.2) is 23.5 Å². The van der Waals surface area contributed by atoms with Gasteiger partial charge in [-0.05, 0) is 12.5 Å². The molecule has 1 aromatic heterocycles. The zero-order valence-corrected chi connectivity index (χ0v) is 9.42. The monoisotopic (exact) mass is 240 g/mol. The number of nitrogens with zero attached hydrogens (tertiary/aromatic N) is 1. The third-order valence-corrected chi connectivity index (χ3v) is 2.76. The van der Waals surface area contributed by atoms with E-state index in [9.17, 15) is 4.79 Å². The number of aromatic nitrogens is 1. The van der Waals surface area contributed by atoms with Crippen molar-refractivity contribution in [2.45, 2.75) is 18.9 Å². The summed E-state index contributed by atoms with van der Waals surface area (Å²) in [7, 11) is 0. The molecule has 1 aliphatic heterocycles. The van der Waals surface area contributed by atoms with Gasteiger partial charge in [0.05, 0.1) is 16.9 Å². The topological polar surface area (TPSA) is 80.0 Å². The molecule has 1 aliphatic rings. The Morgan fingerprint density at radius 1 is 1.62 bits per heavy atom. The van der Waals surface area contributed by atoms with E-state index in [1.807, 2.05) is 0 Å². The number of nitrogen functional groups attached to an aromatic ring is 1. The molecule has 1 unspecified atom stereocenters. The number of nitrogens with two attached hydrogens (primary N) is 1. The minimum Gasteiger partial charge on any atom is -0.397 e. The van der Waals surface area contributed by atoms with Crippen LogP contribution in [0.15, 0.2) is 12.3 Å². The minimum atomic E-state index is 0.0920. The van der Waals surface area contributed by atoms with E-state index in [1.165, 1.54) is 0 Å². The fourth-order valence-corrected chi connectivity index (χ4v) is 1.84. The molecule has 1 fully saturated rings. The van der Waals surface area contributed by atoms with Gasteiger partial charge in [0.2, 0.25) is 5.91 Å². The molecular formula is C10H13ClN4O. The van der Waals surface area contributed by atoms with E-state index < -0.39 is 0 Å². The van der Waals surface area contributed by atoms with Gasteiger partial charge in [-0.15, -0.1) is 0 Å². The average molecular weight is 241 g/mol. The van der Waals surface area contributed by atoms with E-state index in [0.717, 1.165) is 6.42 Å². The van der Waals surface area contributed by atoms with Crippen molar-refractivity contribution in [2.75, 3.05) is 17.6 Å². The van der Waals surface area contributed by atoms with Gasteiger partial charge in [0.15, 0.2) is 0 Å². The number of nitrogens with one attached hydrogen (secondary N) is 2. The smallest absolute Gasteiger partial charge is 0.220 e. The average Bonchev–Trinajstić information content (AvgIpc) is 2.25. The number of halogens is 1. The van der Waals surface area contributed by atoms with Crippen LogP contribution in [-0.2, 0) is 4.79 Å². The van der Waals surface area contributed by atoms with Crippen molar-refractivity contribution >= 4 is 29.0 Å². The lowest BCUT2D eigenvalue weighted by atomic mass is 10.1. The Balaban J connectivity index is 2.01. The van der Waals surface area contributed by atoms with Gasteiger partial charge >= 0.3 is 0 Å². The van der Waals surface area contributed by atoms with E-state index in [0.29, 0.717) is 29.5 Å². The van der Waals surface area contributed by atoms with Crippen LogP contribution in [0, 0.1) is 0 Å². The summed E-state index contributed by atoms with van der Waals surface area (Å²) in [5.41, 5.74) is 6.08. The van der Waals surface area contributed by atoms with E-state index in [-0.39, 0.29) is 11.9 Å². The van der Waals surface area contributed by atoms with Crippen LogP contribution in [0.4, 0.5) is 11.5 Å². The first-order valence-electron chi connectivity index (χ1n) is 5.09. The zero-order valence-electron chi connectivity index (χ0n) is 8.66. The van der Waals surface area contributed by atoms with Crippen LogP contribution < -0.4 is 16.4 Å². The fourth-order valence-electron chi connectivity index (χ4n) is 1.61. The molecule has 6 heteroatoms. The second-order valence-corrected chi connectivity index (χ2v) is 4.19. The lowest BCUT2D eigenvalue weighted by Crippen LogP contribution is -2.42. The summed E-state index contributed by atoms with van der Waals surface area (Å²) in [5, 5.41) is 6.47. The summed E-state index contributed by atoms with van der Waals surface area (Å²) in [4.78, 5) is 15.1. The first-order chi connectivity index (χ1) is 7.65. The van der Waals surface area contributed by atoms with Gasteiger partial charge in [-0.25, -0.2) is 4.98 Å². The lowest BCUT2D eigenvalue weighted by molar-refractivity contribution is -0.122. The number of pyridine rings is 1. The maximum atomic E-state index is 11.0. The Kier molecular flexibility index (Phi) is 3.14.